The lowest BCUT2D eigenvalue weighted by molar-refractivity contribution is -0.122. The summed E-state index contributed by atoms with van der Waals surface area (Å²) < 4.78 is 10.6. The van der Waals surface area contributed by atoms with Crippen molar-refractivity contribution in [3.8, 4) is 0 Å². The Hall–Kier alpha value is -0.650. The van der Waals surface area contributed by atoms with Crippen LogP contribution in [-0.2, 0) is 14.3 Å². The number of hydrogen-bond donors (Lipinski definition) is 2. The van der Waals surface area contributed by atoms with Crippen molar-refractivity contribution in [2.45, 2.75) is 27.2 Å². The fourth-order valence-corrected chi connectivity index (χ4v) is 1.21. The molecule has 0 aromatic heterocycles. The van der Waals surface area contributed by atoms with Crippen LogP contribution >= 0.6 is 0 Å². The lowest BCUT2D eigenvalue weighted by Gasteiger charge is -2.08. The number of carbonyl (C=O) groups excluding carboxylic acids is 1. The van der Waals surface area contributed by atoms with E-state index in [9.17, 15) is 4.79 Å². The molecule has 0 aromatic rings. The minimum atomic E-state index is 0.0526. The van der Waals surface area contributed by atoms with Gasteiger partial charge < -0.3 is 20.1 Å². The van der Waals surface area contributed by atoms with E-state index in [2.05, 4.69) is 31.4 Å². The SMILES string of the molecule is CCNCCOCCOCCC(=O)NCC(C)C. The summed E-state index contributed by atoms with van der Waals surface area (Å²) in [4.78, 5) is 11.3. The van der Waals surface area contributed by atoms with E-state index in [0.717, 1.165) is 19.6 Å². The van der Waals surface area contributed by atoms with Crippen molar-refractivity contribution in [2.24, 2.45) is 5.92 Å². The fraction of sp³-hybridized carbons (Fsp3) is 0.923. The van der Waals surface area contributed by atoms with E-state index in [4.69, 9.17) is 9.47 Å². The minimum Gasteiger partial charge on any atom is -0.379 e. The van der Waals surface area contributed by atoms with Crippen LogP contribution in [0, 0.1) is 5.92 Å². The van der Waals surface area contributed by atoms with Crippen molar-refractivity contribution in [1.29, 1.82) is 0 Å². The first kappa shape index (κ1) is 17.4. The highest BCUT2D eigenvalue weighted by molar-refractivity contribution is 5.75. The summed E-state index contributed by atoms with van der Waals surface area (Å²) in [5.41, 5.74) is 0. The third kappa shape index (κ3) is 13.4. The number of amides is 1. The molecule has 1 amide bonds. The molecule has 0 radical (unpaired) electrons. The first-order chi connectivity index (χ1) is 8.66. The average molecular weight is 260 g/mol. The highest BCUT2D eigenvalue weighted by Crippen LogP contribution is 1.89. The van der Waals surface area contributed by atoms with E-state index in [1.807, 2.05) is 0 Å². The molecule has 0 fully saturated rings. The summed E-state index contributed by atoms with van der Waals surface area (Å²) in [5, 5.41) is 6.02. The molecule has 0 unspecified atom stereocenters. The molecule has 0 aliphatic rings. The van der Waals surface area contributed by atoms with Crippen LogP contribution in [0.5, 0.6) is 0 Å². The largest absolute Gasteiger partial charge is 0.379 e. The summed E-state index contributed by atoms with van der Waals surface area (Å²) in [6.07, 6.45) is 0.421. The Balaban J connectivity index is 3.12. The summed E-state index contributed by atoms with van der Waals surface area (Å²) in [6, 6.07) is 0. The maximum absolute atomic E-state index is 11.3. The van der Waals surface area contributed by atoms with Crippen molar-refractivity contribution in [2.75, 3.05) is 46.1 Å². The second-order valence-electron chi connectivity index (χ2n) is 4.53. The van der Waals surface area contributed by atoms with Gasteiger partial charge in [-0.1, -0.05) is 20.8 Å². The third-order valence-electron chi connectivity index (χ3n) is 2.23. The van der Waals surface area contributed by atoms with E-state index in [1.54, 1.807) is 0 Å². The summed E-state index contributed by atoms with van der Waals surface area (Å²) in [6.45, 7) is 11.1. The van der Waals surface area contributed by atoms with Gasteiger partial charge in [0.25, 0.3) is 0 Å². The van der Waals surface area contributed by atoms with Crippen LogP contribution < -0.4 is 10.6 Å². The molecule has 2 N–H and O–H groups in total. The predicted molar refractivity (Wildman–Crippen MR) is 72.6 cm³/mol. The van der Waals surface area contributed by atoms with E-state index in [1.165, 1.54) is 0 Å². The molecule has 0 aromatic carbocycles. The smallest absolute Gasteiger partial charge is 0.222 e. The highest BCUT2D eigenvalue weighted by Gasteiger charge is 2.01. The van der Waals surface area contributed by atoms with Crippen LogP contribution in [0.3, 0.4) is 0 Å². The molecule has 5 heteroatoms. The van der Waals surface area contributed by atoms with Gasteiger partial charge in [-0.3, -0.25) is 4.79 Å². The van der Waals surface area contributed by atoms with Gasteiger partial charge in [-0.2, -0.15) is 0 Å². The van der Waals surface area contributed by atoms with Crippen LogP contribution in [0.2, 0.25) is 0 Å². The molecule has 0 saturated heterocycles. The van der Waals surface area contributed by atoms with Gasteiger partial charge in [0.05, 0.1) is 26.4 Å². The van der Waals surface area contributed by atoms with Gasteiger partial charge in [0.2, 0.25) is 5.91 Å². The molecular weight excluding hydrogens is 232 g/mol. The molecule has 5 nitrogen and oxygen atoms in total. The zero-order valence-electron chi connectivity index (χ0n) is 12.0. The standard InChI is InChI=1S/C13H28N2O3/c1-4-14-6-8-18-10-9-17-7-5-13(16)15-11-12(2)3/h12,14H,4-11H2,1-3H3,(H,15,16). The molecule has 0 spiro atoms. The van der Waals surface area contributed by atoms with E-state index < -0.39 is 0 Å². The molecule has 0 heterocycles. The van der Waals surface area contributed by atoms with Crippen molar-refractivity contribution in [3.63, 3.8) is 0 Å². The zero-order chi connectivity index (χ0) is 13.6. The number of ether oxygens (including phenoxy) is 2. The first-order valence-electron chi connectivity index (χ1n) is 6.79. The van der Waals surface area contributed by atoms with Gasteiger partial charge in [0, 0.05) is 19.5 Å². The Morgan fingerprint density at radius 1 is 1.11 bits per heavy atom. The lowest BCUT2D eigenvalue weighted by atomic mass is 10.2. The first-order valence-corrected chi connectivity index (χ1v) is 6.79. The Labute approximate surface area is 111 Å². The summed E-state index contributed by atoms with van der Waals surface area (Å²) in [7, 11) is 0. The van der Waals surface area contributed by atoms with Crippen molar-refractivity contribution < 1.29 is 14.3 Å². The van der Waals surface area contributed by atoms with E-state index >= 15 is 0 Å². The topological polar surface area (TPSA) is 59.6 Å². The van der Waals surface area contributed by atoms with Crippen LogP contribution in [0.15, 0.2) is 0 Å². The zero-order valence-corrected chi connectivity index (χ0v) is 12.0. The van der Waals surface area contributed by atoms with Gasteiger partial charge in [-0.05, 0) is 12.5 Å². The second kappa shape index (κ2) is 12.8. The molecule has 108 valence electrons. The fourth-order valence-electron chi connectivity index (χ4n) is 1.21. The predicted octanol–water partition coefficient (Wildman–Crippen LogP) is 0.791. The quantitative estimate of drug-likeness (QED) is 0.509. The molecule has 18 heavy (non-hydrogen) atoms. The van der Waals surface area contributed by atoms with Crippen LogP contribution in [0.25, 0.3) is 0 Å². The number of carbonyl (C=O) groups is 1. The highest BCUT2D eigenvalue weighted by atomic mass is 16.5. The number of likely N-dealkylation sites (N-methyl/N-ethyl adjacent to an activating group) is 1. The third-order valence-corrected chi connectivity index (χ3v) is 2.23. The van der Waals surface area contributed by atoms with Gasteiger partial charge in [0.1, 0.15) is 0 Å². The van der Waals surface area contributed by atoms with Crippen LogP contribution in [-0.4, -0.2) is 52.0 Å². The van der Waals surface area contributed by atoms with Crippen LogP contribution in [0.4, 0.5) is 0 Å². The second-order valence-corrected chi connectivity index (χ2v) is 4.53. The number of nitrogens with one attached hydrogen (secondary N) is 2. The lowest BCUT2D eigenvalue weighted by Crippen LogP contribution is -2.28. The molecule has 0 aliphatic carbocycles. The Morgan fingerprint density at radius 3 is 2.39 bits per heavy atom. The van der Waals surface area contributed by atoms with Gasteiger partial charge in [0.15, 0.2) is 0 Å². The molecular formula is C13H28N2O3. The average Bonchev–Trinajstić information content (AvgIpc) is 2.34. The van der Waals surface area contributed by atoms with Crippen molar-refractivity contribution in [3.05, 3.63) is 0 Å². The Kier molecular flexibility index (Phi) is 12.3. The molecule has 0 saturated carbocycles. The normalized spacial score (nSPS) is 10.9. The maximum Gasteiger partial charge on any atom is 0.222 e. The Morgan fingerprint density at radius 2 is 1.78 bits per heavy atom. The summed E-state index contributed by atoms with van der Waals surface area (Å²) in [5.74, 6) is 0.539. The molecule has 0 rings (SSSR count). The Bertz CT molecular complexity index is 199. The summed E-state index contributed by atoms with van der Waals surface area (Å²) >= 11 is 0. The van der Waals surface area contributed by atoms with Gasteiger partial charge in [-0.25, -0.2) is 0 Å². The number of rotatable bonds is 12. The van der Waals surface area contributed by atoms with Crippen molar-refractivity contribution in [1.82, 2.24) is 10.6 Å². The monoisotopic (exact) mass is 260 g/mol. The molecule has 0 aliphatic heterocycles. The number of hydrogen-bond acceptors (Lipinski definition) is 4. The van der Waals surface area contributed by atoms with Gasteiger partial charge >= 0.3 is 0 Å². The van der Waals surface area contributed by atoms with Crippen molar-refractivity contribution >= 4 is 5.91 Å². The molecule has 0 bridgehead atoms. The van der Waals surface area contributed by atoms with E-state index in [-0.39, 0.29) is 5.91 Å². The van der Waals surface area contributed by atoms with Gasteiger partial charge in [-0.15, -0.1) is 0 Å². The maximum atomic E-state index is 11.3. The minimum absolute atomic E-state index is 0.0526. The molecule has 0 atom stereocenters. The van der Waals surface area contributed by atoms with Crippen LogP contribution in [0.1, 0.15) is 27.2 Å². The van der Waals surface area contributed by atoms with E-state index in [0.29, 0.717) is 38.8 Å².